The van der Waals surface area contributed by atoms with Crippen molar-refractivity contribution in [3.8, 4) is 22.8 Å². The lowest BCUT2D eigenvalue weighted by Crippen LogP contribution is -2.13. The minimum atomic E-state index is 0.248. The van der Waals surface area contributed by atoms with E-state index in [0.29, 0.717) is 18.2 Å². The van der Waals surface area contributed by atoms with Gasteiger partial charge in [-0.05, 0) is 35.9 Å². The lowest BCUT2D eigenvalue weighted by atomic mass is 10.2. The Bertz CT molecular complexity index is 1060. The van der Waals surface area contributed by atoms with Crippen molar-refractivity contribution in [2.24, 2.45) is 10.1 Å². The highest BCUT2D eigenvalue weighted by Crippen LogP contribution is 2.32. The Morgan fingerprint density at radius 3 is 2.82 bits per heavy atom. The van der Waals surface area contributed by atoms with Gasteiger partial charge in [0.15, 0.2) is 11.5 Å². The second kappa shape index (κ2) is 8.60. The molecule has 144 valence electrons. The molecule has 0 aliphatic carbocycles. The van der Waals surface area contributed by atoms with Crippen LogP contribution in [-0.2, 0) is 4.74 Å². The van der Waals surface area contributed by atoms with Crippen molar-refractivity contribution in [1.82, 2.24) is 4.68 Å². The van der Waals surface area contributed by atoms with E-state index in [0.717, 1.165) is 33.1 Å². The molecule has 4 rings (SSSR count). The highest BCUT2D eigenvalue weighted by atomic mass is 35.5. The van der Waals surface area contributed by atoms with E-state index in [2.05, 4.69) is 10.1 Å². The Labute approximate surface area is 171 Å². The molecular weight excluding hydrogens is 398 g/mol. The summed E-state index contributed by atoms with van der Waals surface area (Å²) in [5, 5.41) is 7.41. The summed E-state index contributed by atoms with van der Waals surface area (Å²) >= 11 is 7.56. The largest absolute Gasteiger partial charge is 0.454 e. The van der Waals surface area contributed by atoms with Gasteiger partial charge in [-0.15, -0.1) is 11.3 Å². The zero-order valence-corrected chi connectivity index (χ0v) is 16.7. The van der Waals surface area contributed by atoms with Gasteiger partial charge in [0, 0.05) is 23.1 Å². The molecule has 0 N–H and O–H groups in total. The Morgan fingerprint density at radius 1 is 1.18 bits per heavy atom. The van der Waals surface area contributed by atoms with Crippen molar-refractivity contribution >= 4 is 29.2 Å². The maximum absolute atomic E-state index is 6.03. The van der Waals surface area contributed by atoms with Crippen LogP contribution < -0.4 is 14.3 Å². The average molecular weight is 416 g/mol. The SMILES string of the molecule is COCCN=c1scc(-c2ccc(Cl)cc2)n1/N=C/c1ccc2c(c1)OCO2. The summed E-state index contributed by atoms with van der Waals surface area (Å²) in [7, 11) is 1.66. The van der Waals surface area contributed by atoms with Gasteiger partial charge in [-0.3, -0.25) is 4.99 Å². The molecule has 0 saturated carbocycles. The van der Waals surface area contributed by atoms with E-state index in [1.165, 1.54) is 11.3 Å². The van der Waals surface area contributed by atoms with E-state index in [4.69, 9.17) is 25.8 Å². The number of benzene rings is 2. The van der Waals surface area contributed by atoms with Crippen molar-refractivity contribution in [3.05, 3.63) is 63.2 Å². The fraction of sp³-hybridized carbons (Fsp3) is 0.200. The maximum atomic E-state index is 6.03. The van der Waals surface area contributed by atoms with Gasteiger partial charge < -0.3 is 14.2 Å². The molecule has 0 unspecified atom stereocenters. The first-order valence-corrected chi connectivity index (χ1v) is 9.90. The minimum absolute atomic E-state index is 0.248. The van der Waals surface area contributed by atoms with Crippen molar-refractivity contribution < 1.29 is 14.2 Å². The highest BCUT2D eigenvalue weighted by molar-refractivity contribution is 7.07. The normalized spacial score (nSPS) is 13.6. The molecule has 0 spiro atoms. The standard InChI is InChI=1S/C20H18ClN3O3S/c1-25-9-8-22-20-24(17(12-28-20)15-3-5-16(21)6-4-15)23-11-14-2-7-18-19(10-14)27-13-26-18/h2-7,10-12H,8-9,13H2,1H3/b22-20?,23-11+. The van der Waals surface area contributed by atoms with E-state index in [1.54, 1.807) is 13.3 Å². The third-order valence-electron chi connectivity index (χ3n) is 4.09. The van der Waals surface area contributed by atoms with Crippen LogP contribution in [0.15, 0.2) is 57.9 Å². The molecule has 2 aromatic carbocycles. The van der Waals surface area contributed by atoms with Crippen LogP contribution in [0.4, 0.5) is 0 Å². The predicted octanol–water partition coefficient (Wildman–Crippen LogP) is 4.03. The van der Waals surface area contributed by atoms with Crippen LogP contribution in [-0.4, -0.2) is 37.9 Å². The van der Waals surface area contributed by atoms with E-state index >= 15 is 0 Å². The number of hydrogen-bond acceptors (Lipinski definition) is 6. The summed E-state index contributed by atoms with van der Waals surface area (Å²) in [5.74, 6) is 1.47. The molecule has 0 atom stereocenters. The molecule has 2 heterocycles. The van der Waals surface area contributed by atoms with Crippen LogP contribution in [0.5, 0.6) is 11.5 Å². The third kappa shape index (κ3) is 4.11. The van der Waals surface area contributed by atoms with Crippen molar-refractivity contribution in [1.29, 1.82) is 0 Å². The quantitative estimate of drug-likeness (QED) is 0.451. The van der Waals surface area contributed by atoms with Gasteiger partial charge in [-0.25, -0.2) is 4.68 Å². The monoisotopic (exact) mass is 415 g/mol. The number of nitrogens with zero attached hydrogens (tertiary/aromatic N) is 3. The summed E-state index contributed by atoms with van der Waals surface area (Å²) < 4.78 is 17.7. The lowest BCUT2D eigenvalue weighted by molar-refractivity contribution is 0.174. The smallest absolute Gasteiger partial charge is 0.231 e. The van der Waals surface area contributed by atoms with Crippen molar-refractivity contribution in [2.45, 2.75) is 0 Å². The number of fused-ring (bicyclic) bond motifs is 1. The molecule has 6 nitrogen and oxygen atoms in total. The summed E-state index contributed by atoms with van der Waals surface area (Å²) in [6.45, 7) is 1.37. The topological polar surface area (TPSA) is 57.3 Å². The predicted molar refractivity (Wildman–Crippen MR) is 111 cm³/mol. The number of rotatable bonds is 6. The molecule has 0 fully saturated rings. The zero-order valence-electron chi connectivity index (χ0n) is 15.2. The van der Waals surface area contributed by atoms with E-state index < -0.39 is 0 Å². The number of halogens is 1. The van der Waals surface area contributed by atoms with Gasteiger partial charge in [-0.1, -0.05) is 23.7 Å². The fourth-order valence-corrected chi connectivity index (χ4v) is 3.68. The van der Waals surface area contributed by atoms with Gasteiger partial charge in [0.05, 0.1) is 25.1 Å². The molecule has 0 bridgehead atoms. The number of thiazole rings is 1. The van der Waals surface area contributed by atoms with Crippen LogP contribution in [0.3, 0.4) is 0 Å². The Kier molecular flexibility index (Phi) is 5.76. The molecular formula is C20H18ClN3O3S. The first-order valence-electron chi connectivity index (χ1n) is 8.64. The van der Waals surface area contributed by atoms with Gasteiger partial charge in [0.1, 0.15) is 0 Å². The number of hydrogen-bond donors (Lipinski definition) is 0. The van der Waals surface area contributed by atoms with E-state index in [9.17, 15) is 0 Å². The summed E-state index contributed by atoms with van der Waals surface area (Å²) in [4.78, 5) is 5.39. The Hall–Kier alpha value is -2.61. The van der Waals surface area contributed by atoms with Crippen LogP contribution in [0.25, 0.3) is 11.3 Å². The van der Waals surface area contributed by atoms with Gasteiger partial charge in [0.2, 0.25) is 11.6 Å². The summed E-state index contributed by atoms with van der Waals surface area (Å²) in [5.41, 5.74) is 2.86. The number of ether oxygens (including phenoxy) is 3. The Morgan fingerprint density at radius 2 is 2.00 bits per heavy atom. The van der Waals surface area contributed by atoms with Crippen LogP contribution in [0.2, 0.25) is 5.02 Å². The number of aromatic nitrogens is 1. The summed E-state index contributed by atoms with van der Waals surface area (Å²) in [6.07, 6.45) is 1.78. The van der Waals surface area contributed by atoms with Crippen molar-refractivity contribution in [3.63, 3.8) is 0 Å². The number of methoxy groups -OCH3 is 1. The lowest BCUT2D eigenvalue weighted by Gasteiger charge is -2.04. The molecule has 8 heteroatoms. The van der Waals surface area contributed by atoms with Gasteiger partial charge in [0.25, 0.3) is 0 Å². The van der Waals surface area contributed by atoms with Crippen LogP contribution >= 0.6 is 22.9 Å². The van der Waals surface area contributed by atoms with Crippen LogP contribution in [0, 0.1) is 0 Å². The minimum Gasteiger partial charge on any atom is -0.454 e. The zero-order chi connectivity index (χ0) is 19.3. The Balaban J connectivity index is 1.71. The van der Waals surface area contributed by atoms with Gasteiger partial charge in [-0.2, -0.15) is 5.10 Å². The molecule has 28 heavy (non-hydrogen) atoms. The molecule has 0 saturated heterocycles. The van der Waals surface area contributed by atoms with E-state index in [-0.39, 0.29) is 6.79 Å². The summed E-state index contributed by atoms with van der Waals surface area (Å²) in [6, 6.07) is 13.4. The second-order valence-corrected chi connectivity index (χ2v) is 7.23. The fourth-order valence-electron chi connectivity index (χ4n) is 2.69. The first-order chi connectivity index (χ1) is 13.7. The first kappa shape index (κ1) is 18.7. The molecule has 0 amide bonds. The maximum Gasteiger partial charge on any atom is 0.231 e. The molecule has 1 aliphatic heterocycles. The molecule has 1 aromatic heterocycles. The van der Waals surface area contributed by atoms with E-state index in [1.807, 2.05) is 52.5 Å². The molecule has 3 aromatic rings. The molecule has 0 radical (unpaired) electrons. The highest BCUT2D eigenvalue weighted by Gasteiger charge is 2.13. The van der Waals surface area contributed by atoms with Crippen molar-refractivity contribution in [2.75, 3.05) is 27.1 Å². The average Bonchev–Trinajstić information content (AvgIpc) is 3.33. The third-order valence-corrected chi connectivity index (χ3v) is 5.19. The second-order valence-electron chi connectivity index (χ2n) is 5.95. The van der Waals surface area contributed by atoms with Gasteiger partial charge >= 0.3 is 0 Å². The van der Waals surface area contributed by atoms with Crippen LogP contribution in [0.1, 0.15) is 5.56 Å². The molecule has 1 aliphatic rings.